The second kappa shape index (κ2) is 9.89. The molecule has 3 rings (SSSR count). The third-order valence-corrected chi connectivity index (χ3v) is 5.31. The van der Waals surface area contributed by atoms with Crippen LogP contribution in [0.25, 0.3) is 0 Å². The molecule has 28 heavy (non-hydrogen) atoms. The van der Waals surface area contributed by atoms with E-state index in [1.54, 1.807) is 6.92 Å². The summed E-state index contributed by atoms with van der Waals surface area (Å²) in [6.45, 7) is 10.0. The Morgan fingerprint density at radius 1 is 1.18 bits per heavy atom. The van der Waals surface area contributed by atoms with Gasteiger partial charge in [0.25, 0.3) is 0 Å². The molecule has 2 amide bonds. The van der Waals surface area contributed by atoms with Crippen LogP contribution in [-0.2, 0) is 22.6 Å². The van der Waals surface area contributed by atoms with Crippen molar-refractivity contribution in [3.8, 4) is 5.75 Å². The maximum Gasteiger partial charge on any atom is 0.242 e. The Hall–Kier alpha value is -2.12. The van der Waals surface area contributed by atoms with Gasteiger partial charge in [-0.15, -0.1) is 0 Å². The van der Waals surface area contributed by atoms with Gasteiger partial charge in [0.1, 0.15) is 11.8 Å². The highest BCUT2D eigenvalue weighted by Gasteiger charge is 2.21. The van der Waals surface area contributed by atoms with E-state index in [2.05, 4.69) is 38.6 Å². The number of nitrogens with zero attached hydrogens (tertiary/aromatic N) is 2. The minimum atomic E-state index is -0.496. The molecule has 7 heteroatoms. The van der Waals surface area contributed by atoms with E-state index in [4.69, 9.17) is 4.74 Å². The number of hydrogen-bond acceptors (Lipinski definition) is 5. The van der Waals surface area contributed by atoms with E-state index >= 15 is 0 Å². The van der Waals surface area contributed by atoms with E-state index in [-0.39, 0.29) is 11.8 Å². The second-order valence-electron chi connectivity index (χ2n) is 7.67. The molecular weight excluding hydrogens is 356 g/mol. The maximum atomic E-state index is 12.2. The van der Waals surface area contributed by atoms with Crippen LogP contribution in [0.3, 0.4) is 0 Å². The topological polar surface area (TPSA) is 73.9 Å². The summed E-state index contributed by atoms with van der Waals surface area (Å²) in [6.07, 6.45) is 1.89. The Morgan fingerprint density at radius 3 is 2.68 bits per heavy atom. The van der Waals surface area contributed by atoms with Gasteiger partial charge in [0.2, 0.25) is 11.8 Å². The van der Waals surface area contributed by atoms with Gasteiger partial charge in [-0.1, -0.05) is 19.1 Å². The predicted molar refractivity (Wildman–Crippen MR) is 108 cm³/mol. The monoisotopic (exact) mass is 388 g/mol. The van der Waals surface area contributed by atoms with Crippen LogP contribution in [-0.4, -0.2) is 73.5 Å². The molecule has 2 N–H and O–H groups in total. The lowest BCUT2D eigenvalue weighted by molar-refractivity contribution is -0.129. The summed E-state index contributed by atoms with van der Waals surface area (Å²) >= 11 is 0. The fraction of sp³-hybridized carbons (Fsp3) is 0.619. The van der Waals surface area contributed by atoms with E-state index in [1.165, 1.54) is 11.1 Å². The Kier molecular flexibility index (Phi) is 7.28. The number of carbonyl (C=O) groups excluding carboxylic acids is 2. The number of rotatable bonds is 8. The zero-order chi connectivity index (χ0) is 19.9. The predicted octanol–water partition coefficient (Wildman–Crippen LogP) is 0.770. The molecule has 1 aromatic carbocycles. The largest absolute Gasteiger partial charge is 0.493 e. The van der Waals surface area contributed by atoms with Gasteiger partial charge in [0, 0.05) is 45.7 Å². The molecule has 1 aromatic rings. The van der Waals surface area contributed by atoms with Crippen molar-refractivity contribution in [3.05, 3.63) is 29.3 Å². The third kappa shape index (κ3) is 5.69. The van der Waals surface area contributed by atoms with Crippen LogP contribution in [0.5, 0.6) is 5.75 Å². The highest BCUT2D eigenvalue weighted by Crippen LogP contribution is 2.26. The minimum absolute atomic E-state index is 0.0915. The second-order valence-corrected chi connectivity index (χ2v) is 7.67. The van der Waals surface area contributed by atoms with Crippen LogP contribution in [0, 0.1) is 0 Å². The van der Waals surface area contributed by atoms with Crippen molar-refractivity contribution in [2.75, 3.05) is 45.9 Å². The van der Waals surface area contributed by atoms with E-state index in [0.717, 1.165) is 57.9 Å². The number of benzene rings is 1. The van der Waals surface area contributed by atoms with Gasteiger partial charge in [-0.05, 0) is 30.5 Å². The molecule has 2 aliphatic rings. The lowest BCUT2D eigenvalue weighted by Gasteiger charge is -2.34. The average Bonchev–Trinajstić information content (AvgIpc) is 3.15. The highest BCUT2D eigenvalue weighted by atomic mass is 16.5. The SMILES string of the molecule is CCCNC(=O)[C@@H](C)NC(=O)CN1CCN(Cc2ccc3c(c2)CCO3)CC1. The molecule has 0 saturated carbocycles. The van der Waals surface area contributed by atoms with Crippen molar-refractivity contribution < 1.29 is 14.3 Å². The van der Waals surface area contributed by atoms with Crippen LogP contribution in [0.4, 0.5) is 0 Å². The highest BCUT2D eigenvalue weighted by molar-refractivity contribution is 5.87. The van der Waals surface area contributed by atoms with Gasteiger partial charge in [0.15, 0.2) is 0 Å². The summed E-state index contributed by atoms with van der Waals surface area (Å²) in [6, 6.07) is 5.99. The third-order valence-electron chi connectivity index (χ3n) is 5.31. The lowest BCUT2D eigenvalue weighted by atomic mass is 10.1. The average molecular weight is 389 g/mol. The molecule has 2 aliphatic heterocycles. The zero-order valence-corrected chi connectivity index (χ0v) is 17.0. The lowest BCUT2D eigenvalue weighted by Crippen LogP contribution is -2.52. The number of amides is 2. The number of carbonyl (C=O) groups is 2. The van der Waals surface area contributed by atoms with Crippen molar-refractivity contribution in [1.29, 1.82) is 0 Å². The zero-order valence-electron chi connectivity index (χ0n) is 17.0. The molecule has 2 heterocycles. The number of ether oxygens (including phenoxy) is 1. The molecule has 7 nitrogen and oxygen atoms in total. The first-order valence-electron chi connectivity index (χ1n) is 10.3. The van der Waals surface area contributed by atoms with Crippen LogP contribution in [0.15, 0.2) is 18.2 Å². The summed E-state index contributed by atoms with van der Waals surface area (Å²) in [5.41, 5.74) is 2.63. The first-order valence-corrected chi connectivity index (χ1v) is 10.3. The van der Waals surface area contributed by atoms with Crippen molar-refractivity contribution in [3.63, 3.8) is 0 Å². The molecular formula is C21H32N4O3. The fourth-order valence-electron chi connectivity index (χ4n) is 3.66. The molecule has 0 aromatic heterocycles. The Labute approximate surface area is 167 Å². The van der Waals surface area contributed by atoms with E-state index in [1.807, 2.05) is 6.92 Å². The fourth-order valence-corrected chi connectivity index (χ4v) is 3.66. The van der Waals surface area contributed by atoms with E-state index < -0.39 is 6.04 Å². The number of fused-ring (bicyclic) bond motifs is 1. The van der Waals surface area contributed by atoms with Crippen LogP contribution < -0.4 is 15.4 Å². The normalized spacial score (nSPS) is 18.2. The molecule has 1 saturated heterocycles. The van der Waals surface area contributed by atoms with Crippen molar-refractivity contribution in [2.45, 2.75) is 39.3 Å². The molecule has 0 radical (unpaired) electrons. The molecule has 1 fully saturated rings. The Balaban J connectivity index is 1.38. The van der Waals surface area contributed by atoms with Crippen molar-refractivity contribution >= 4 is 11.8 Å². The summed E-state index contributed by atoms with van der Waals surface area (Å²) in [5.74, 6) is 0.808. The molecule has 1 atom stereocenters. The van der Waals surface area contributed by atoms with E-state index in [0.29, 0.717) is 13.1 Å². The molecule has 0 unspecified atom stereocenters. The number of piperazine rings is 1. The van der Waals surface area contributed by atoms with Crippen LogP contribution in [0.2, 0.25) is 0 Å². The molecule has 0 bridgehead atoms. The first kappa shape index (κ1) is 20.6. The minimum Gasteiger partial charge on any atom is -0.493 e. The molecule has 0 aliphatic carbocycles. The van der Waals surface area contributed by atoms with Crippen LogP contribution >= 0.6 is 0 Å². The standard InChI is InChI=1S/C21H32N4O3/c1-3-7-22-21(27)16(2)23-20(26)15-25-10-8-24(9-11-25)14-17-4-5-19-18(13-17)6-12-28-19/h4-5,13,16H,3,6-12,14-15H2,1-2H3,(H,22,27)(H,23,26)/t16-/m1/s1. The Bertz CT molecular complexity index is 686. The van der Waals surface area contributed by atoms with Gasteiger partial charge in [0.05, 0.1) is 13.2 Å². The maximum absolute atomic E-state index is 12.2. The number of nitrogens with one attached hydrogen (secondary N) is 2. The quantitative estimate of drug-likeness (QED) is 0.688. The summed E-state index contributed by atoms with van der Waals surface area (Å²) in [4.78, 5) is 28.7. The van der Waals surface area contributed by atoms with Crippen molar-refractivity contribution in [1.82, 2.24) is 20.4 Å². The first-order chi connectivity index (χ1) is 13.5. The smallest absolute Gasteiger partial charge is 0.242 e. The molecule has 154 valence electrons. The van der Waals surface area contributed by atoms with E-state index in [9.17, 15) is 9.59 Å². The Morgan fingerprint density at radius 2 is 1.93 bits per heavy atom. The van der Waals surface area contributed by atoms with Gasteiger partial charge in [-0.3, -0.25) is 19.4 Å². The van der Waals surface area contributed by atoms with Gasteiger partial charge >= 0.3 is 0 Å². The van der Waals surface area contributed by atoms with Crippen molar-refractivity contribution in [2.24, 2.45) is 0 Å². The summed E-state index contributed by atoms with van der Waals surface area (Å²) < 4.78 is 5.57. The number of hydrogen-bond donors (Lipinski definition) is 2. The van der Waals surface area contributed by atoms with Gasteiger partial charge < -0.3 is 15.4 Å². The van der Waals surface area contributed by atoms with Crippen LogP contribution in [0.1, 0.15) is 31.4 Å². The molecule has 0 spiro atoms. The van der Waals surface area contributed by atoms with Gasteiger partial charge in [-0.25, -0.2) is 0 Å². The summed E-state index contributed by atoms with van der Waals surface area (Å²) in [5, 5.41) is 5.60. The summed E-state index contributed by atoms with van der Waals surface area (Å²) in [7, 11) is 0. The van der Waals surface area contributed by atoms with Gasteiger partial charge in [-0.2, -0.15) is 0 Å².